The largest absolute Gasteiger partial charge is 0.507 e. The zero-order valence-electron chi connectivity index (χ0n) is 16.5. The van der Waals surface area contributed by atoms with Gasteiger partial charge in [-0.05, 0) is 29.8 Å². The smallest absolute Gasteiger partial charge is 0.231 e. The van der Waals surface area contributed by atoms with Crippen LogP contribution in [-0.2, 0) is 16.0 Å². The molecule has 0 saturated heterocycles. The Labute approximate surface area is 175 Å². The number of rotatable bonds is 9. The minimum atomic E-state index is -0.225. The molecule has 1 heterocycles. The minimum absolute atomic E-state index is 0.0999. The number of carbonyl (C=O) groups excluding carboxylic acids is 1. The topological polar surface area (TPSA) is 69.4 Å². The maximum atomic E-state index is 12.8. The van der Waals surface area contributed by atoms with Crippen LogP contribution in [0.1, 0.15) is 21.5 Å². The van der Waals surface area contributed by atoms with Gasteiger partial charge in [0.15, 0.2) is 11.5 Å². The van der Waals surface area contributed by atoms with E-state index in [1.165, 1.54) is 6.07 Å². The highest BCUT2D eigenvalue weighted by Gasteiger charge is 2.32. The van der Waals surface area contributed by atoms with Gasteiger partial charge in [-0.1, -0.05) is 29.8 Å². The number of hydrogen-bond donors (Lipinski definition) is 2. The minimum Gasteiger partial charge on any atom is -0.507 e. The van der Waals surface area contributed by atoms with Crippen molar-refractivity contribution in [2.24, 2.45) is 0 Å². The van der Waals surface area contributed by atoms with Crippen LogP contribution in [0.2, 0.25) is 5.02 Å². The van der Waals surface area contributed by atoms with Crippen molar-refractivity contribution in [3.63, 3.8) is 0 Å². The fraction of sp³-hybridized carbons (Fsp3) is 0.318. The fourth-order valence-corrected chi connectivity index (χ4v) is 3.44. The van der Waals surface area contributed by atoms with E-state index in [9.17, 15) is 9.90 Å². The third kappa shape index (κ3) is 4.97. The van der Waals surface area contributed by atoms with Gasteiger partial charge in [0.05, 0.1) is 24.3 Å². The maximum absolute atomic E-state index is 12.8. The van der Waals surface area contributed by atoms with Crippen molar-refractivity contribution in [1.82, 2.24) is 0 Å². The molecule has 6 nitrogen and oxygen atoms in total. The summed E-state index contributed by atoms with van der Waals surface area (Å²) in [6.07, 6.45) is 1.63. The van der Waals surface area contributed by atoms with Crippen LogP contribution in [0, 0.1) is 0 Å². The van der Waals surface area contributed by atoms with Gasteiger partial charge >= 0.3 is 0 Å². The average molecular weight is 419 g/mol. The number of phenolic OH excluding ortho intramolecular Hbond substituents is 1. The number of ketones is 1. The van der Waals surface area contributed by atoms with Gasteiger partial charge in [0.1, 0.15) is 25.4 Å². The van der Waals surface area contributed by atoms with E-state index in [4.69, 9.17) is 25.8 Å². The highest BCUT2D eigenvalue weighted by atomic mass is 35.5. The molecule has 3 rings (SSSR count). The molecule has 0 unspecified atom stereocenters. The molecule has 0 bridgehead atoms. The zero-order valence-corrected chi connectivity index (χ0v) is 17.3. The maximum Gasteiger partial charge on any atom is 0.231 e. The van der Waals surface area contributed by atoms with Crippen LogP contribution in [-0.4, -0.2) is 51.4 Å². The van der Waals surface area contributed by atoms with Crippen molar-refractivity contribution in [3.05, 3.63) is 63.9 Å². The number of quaternary nitrogens is 1. The monoisotopic (exact) mass is 418 g/mol. The zero-order chi connectivity index (χ0) is 20.8. The van der Waals surface area contributed by atoms with E-state index in [0.29, 0.717) is 47.2 Å². The molecule has 29 heavy (non-hydrogen) atoms. The van der Waals surface area contributed by atoms with Gasteiger partial charge in [-0.3, -0.25) is 4.79 Å². The number of benzene rings is 2. The fourth-order valence-electron chi connectivity index (χ4n) is 3.25. The molecule has 0 aromatic heterocycles. The highest BCUT2D eigenvalue weighted by Crippen LogP contribution is 2.39. The Bertz CT molecular complexity index is 904. The van der Waals surface area contributed by atoms with E-state index in [0.717, 1.165) is 18.0 Å². The SMILES string of the molecule is COCC[NH+](CCOC)Cc1c(O)ccc2c1O/C(=C/c1ccccc1Cl)C2=O. The van der Waals surface area contributed by atoms with E-state index >= 15 is 0 Å². The standard InChI is InChI=1S/C22H24ClNO5/c1-27-11-9-24(10-12-28-2)14-17-19(25)8-7-16-21(26)20(29-22(16)17)13-15-5-3-4-6-18(15)23/h3-8,13,25H,9-12,14H2,1-2H3/p+1/b20-13+. The third-order valence-electron chi connectivity index (χ3n) is 4.85. The normalized spacial score (nSPS) is 14.5. The Morgan fingerprint density at radius 1 is 1.10 bits per heavy atom. The molecule has 0 atom stereocenters. The van der Waals surface area contributed by atoms with Gasteiger partial charge in [-0.25, -0.2) is 0 Å². The first kappa shape index (κ1) is 21.3. The van der Waals surface area contributed by atoms with Crippen molar-refractivity contribution < 1.29 is 29.0 Å². The molecule has 0 amide bonds. The first-order chi connectivity index (χ1) is 14.0. The lowest BCUT2D eigenvalue weighted by molar-refractivity contribution is -0.914. The molecule has 0 saturated carbocycles. The average Bonchev–Trinajstić information content (AvgIpc) is 3.03. The molecule has 0 fully saturated rings. The first-order valence-electron chi connectivity index (χ1n) is 9.40. The van der Waals surface area contributed by atoms with Gasteiger partial charge < -0.3 is 24.2 Å². The van der Waals surface area contributed by atoms with Gasteiger partial charge in [-0.15, -0.1) is 0 Å². The van der Waals surface area contributed by atoms with Crippen molar-refractivity contribution in [2.45, 2.75) is 6.54 Å². The van der Waals surface area contributed by atoms with Crippen molar-refractivity contribution in [1.29, 1.82) is 0 Å². The number of carbonyl (C=O) groups is 1. The van der Waals surface area contributed by atoms with Crippen LogP contribution in [0.5, 0.6) is 11.5 Å². The number of hydrogen-bond acceptors (Lipinski definition) is 5. The van der Waals surface area contributed by atoms with Crippen LogP contribution in [0.4, 0.5) is 0 Å². The molecular weight excluding hydrogens is 394 g/mol. The molecule has 154 valence electrons. The summed E-state index contributed by atoms with van der Waals surface area (Å²) in [5.41, 5.74) is 1.73. The van der Waals surface area contributed by atoms with Crippen molar-refractivity contribution in [3.8, 4) is 11.5 Å². The van der Waals surface area contributed by atoms with Gasteiger partial charge in [-0.2, -0.15) is 0 Å². The van der Waals surface area contributed by atoms with Gasteiger partial charge in [0.2, 0.25) is 5.78 Å². The van der Waals surface area contributed by atoms with Crippen LogP contribution >= 0.6 is 11.6 Å². The second-order valence-electron chi connectivity index (χ2n) is 6.81. The Morgan fingerprint density at radius 2 is 1.79 bits per heavy atom. The predicted molar refractivity (Wildman–Crippen MR) is 111 cm³/mol. The number of aromatic hydroxyl groups is 1. The summed E-state index contributed by atoms with van der Waals surface area (Å²) in [7, 11) is 3.30. The number of phenols is 1. The number of nitrogens with one attached hydrogen (secondary N) is 1. The summed E-state index contributed by atoms with van der Waals surface area (Å²) in [4.78, 5) is 14.0. The molecule has 2 aromatic carbocycles. The number of ether oxygens (including phenoxy) is 3. The number of Topliss-reactive ketones (excluding diaryl/α,β-unsaturated/α-hetero) is 1. The quantitative estimate of drug-likeness (QED) is 0.612. The first-order valence-corrected chi connectivity index (χ1v) is 9.78. The molecule has 2 aromatic rings. The van der Waals surface area contributed by atoms with Crippen molar-refractivity contribution >= 4 is 23.5 Å². The summed E-state index contributed by atoms with van der Waals surface area (Å²) < 4.78 is 16.3. The Kier molecular flexibility index (Phi) is 7.28. The Morgan fingerprint density at radius 3 is 2.45 bits per heavy atom. The van der Waals surface area contributed by atoms with Crippen LogP contribution in [0.25, 0.3) is 6.08 Å². The van der Waals surface area contributed by atoms with Gasteiger partial charge in [0.25, 0.3) is 0 Å². The lowest BCUT2D eigenvalue weighted by atomic mass is 10.0. The summed E-state index contributed by atoms with van der Waals surface area (Å²) >= 11 is 6.21. The van der Waals surface area contributed by atoms with Crippen LogP contribution in [0.3, 0.4) is 0 Å². The predicted octanol–water partition coefficient (Wildman–Crippen LogP) is 2.34. The molecule has 7 heteroatoms. The van der Waals surface area contributed by atoms with Gasteiger partial charge in [0, 0.05) is 19.2 Å². The second-order valence-corrected chi connectivity index (χ2v) is 7.22. The number of halogens is 1. The second kappa shape index (κ2) is 9.89. The summed E-state index contributed by atoms with van der Waals surface area (Å²) in [5, 5.41) is 11.0. The molecule has 2 N–H and O–H groups in total. The number of methoxy groups -OCH3 is 2. The molecule has 0 radical (unpaired) electrons. The van der Waals surface area contributed by atoms with E-state index in [1.54, 1.807) is 32.4 Å². The lowest BCUT2D eigenvalue weighted by Crippen LogP contribution is -3.11. The van der Waals surface area contributed by atoms with E-state index < -0.39 is 0 Å². The third-order valence-corrected chi connectivity index (χ3v) is 5.20. The summed E-state index contributed by atoms with van der Waals surface area (Å²) in [5.74, 6) is 0.468. The van der Waals surface area contributed by atoms with Crippen LogP contribution in [0.15, 0.2) is 42.2 Å². The summed E-state index contributed by atoms with van der Waals surface area (Å²) in [6, 6.07) is 10.4. The lowest BCUT2D eigenvalue weighted by Gasteiger charge is -2.20. The van der Waals surface area contributed by atoms with E-state index in [2.05, 4.69) is 0 Å². The highest BCUT2D eigenvalue weighted by molar-refractivity contribution is 6.32. The van der Waals surface area contributed by atoms with E-state index in [-0.39, 0.29) is 17.3 Å². The molecule has 0 aliphatic carbocycles. The van der Waals surface area contributed by atoms with Crippen LogP contribution < -0.4 is 9.64 Å². The number of fused-ring (bicyclic) bond motifs is 1. The van der Waals surface area contributed by atoms with Crippen molar-refractivity contribution in [2.75, 3.05) is 40.5 Å². The Hall–Kier alpha value is -2.38. The molecule has 1 aliphatic heterocycles. The molecule has 1 aliphatic rings. The Balaban J connectivity index is 1.90. The number of allylic oxidation sites excluding steroid dienone is 1. The molecule has 0 spiro atoms. The van der Waals surface area contributed by atoms with E-state index in [1.807, 2.05) is 18.2 Å². The summed E-state index contributed by atoms with van der Waals surface area (Å²) in [6.45, 7) is 3.10. The molecular formula is C22H25ClNO5+.